The molecule has 2 aliphatic rings. The monoisotopic (exact) mass is 540 g/mol. The van der Waals surface area contributed by atoms with Crippen LogP contribution in [-0.4, -0.2) is 60.5 Å². The molecule has 0 spiro atoms. The molecule has 0 unspecified atom stereocenters. The second kappa shape index (κ2) is 10.4. The molecular weight excluding hydrogens is 520 g/mol. The number of carboxylic acids is 1. The maximum absolute atomic E-state index is 13.1. The molecular formula is C22H20N8O5S2. The van der Waals surface area contributed by atoms with Gasteiger partial charge in [0.25, 0.3) is 11.8 Å². The summed E-state index contributed by atoms with van der Waals surface area (Å²) in [4.78, 5) is 55.6. The van der Waals surface area contributed by atoms with Crippen molar-refractivity contribution in [2.24, 2.45) is 5.16 Å². The summed E-state index contributed by atoms with van der Waals surface area (Å²) in [6.45, 7) is 0.264. The number of oxime groups is 1. The molecule has 1 fully saturated rings. The minimum absolute atomic E-state index is 0.0278. The molecule has 4 N–H and O–H groups in total. The van der Waals surface area contributed by atoms with Crippen LogP contribution in [0, 0.1) is 0 Å². The Labute approximate surface area is 218 Å². The number of nitrogen functional groups attached to an aromatic ring is 1. The highest BCUT2D eigenvalue weighted by Crippen LogP contribution is 2.40. The quantitative estimate of drug-likeness (QED) is 0.129. The van der Waals surface area contributed by atoms with E-state index < -0.39 is 29.2 Å². The number of H-pyrrole nitrogens is 1. The zero-order valence-electron chi connectivity index (χ0n) is 19.1. The van der Waals surface area contributed by atoms with Gasteiger partial charge in [-0.25, -0.2) is 14.5 Å². The van der Waals surface area contributed by atoms with Crippen molar-refractivity contribution in [2.75, 3.05) is 11.5 Å². The maximum atomic E-state index is 13.1. The first kappa shape index (κ1) is 24.5. The van der Waals surface area contributed by atoms with Crippen LogP contribution in [0.25, 0.3) is 0 Å². The fraction of sp³-hybridized carbons (Fsp3) is 0.227. The Morgan fingerprint density at radius 3 is 2.84 bits per heavy atom. The van der Waals surface area contributed by atoms with E-state index in [4.69, 9.17) is 10.6 Å². The largest absolute Gasteiger partial charge is 0.543 e. The standard InChI is InChI=1S/C22H20N8O5S2/c23-22-26-13(11-37-22)15(28-35-9-14-24-4-5-25-14)18(31)27-16-19(32)30-17(21(33)34)12(10-36-20(16)30)8-29-6-2-1-3-7-29/h1-7,11,16,20H,8-10H2,(H4-,23,24,25,26,27,31,33,34)/b28-15+/t16-,20-/m1/s1. The summed E-state index contributed by atoms with van der Waals surface area (Å²) in [5.41, 5.74) is 6.09. The molecule has 37 heavy (non-hydrogen) atoms. The van der Waals surface area contributed by atoms with Gasteiger partial charge in [-0.2, -0.15) is 0 Å². The van der Waals surface area contributed by atoms with Gasteiger partial charge < -0.3 is 30.8 Å². The van der Waals surface area contributed by atoms with Crippen LogP contribution in [0.5, 0.6) is 0 Å². The first-order valence-corrected chi connectivity index (χ1v) is 12.9. The number of carboxylic acid groups (broad SMARTS) is 1. The molecule has 0 aliphatic carbocycles. The molecule has 5 rings (SSSR count). The number of fused-ring (bicyclic) bond motifs is 1. The van der Waals surface area contributed by atoms with Gasteiger partial charge in [0.05, 0.1) is 11.7 Å². The molecule has 5 heterocycles. The highest BCUT2D eigenvalue weighted by molar-refractivity contribution is 8.00. The van der Waals surface area contributed by atoms with Gasteiger partial charge in [0.1, 0.15) is 22.9 Å². The average Bonchev–Trinajstić information content (AvgIpc) is 3.57. The Morgan fingerprint density at radius 2 is 2.16 bits per heavy atom. The lowest BCUT2D eigenvalue weighted by Crippen LogP contribution is -2.71. The second-order valence-electron chi connectivity index (χ2n) is 7.97. The van der Waals surface area contributed by atoms with Crippen molar-refractivity contribution in [2.45, 2.75) is 24.6 Å². The molecule has 2 aliphatic heterocycles. The van der Waals surface area contributed by atoms with Gasteiger partial charge in [-0.05, 0) is 0 Å². The smallest absolute Gasteiger partial charge is 0.276 e. The number of imidazole rings is 1. The zero-order chi connectivity index (χ0) is 25.9. The van der Waals surface area contributed by atoms with Crippen LogP contribution < -0.4 is 20.7 Å². The van der Waals surface area contributed by atoms with Crippen molar-refractivity contribution >= 4 is 51.7 Å². The van der Waals surface area contributed by atoms with Gasteiger partial charge in [0.15, 0.2) is 36.4 Å². The first-order chi connectivity index (χ1) is 17.9. The summed E-state index contributed by atoms with van der Waals surface area (Å²) >= 11 is 2.47. The average molecular weight is 541 g/mol. The fourth-order valence-corrected chi connectivity index (χ4v) is 5.78. The van der Waals surface area contributed by atoms with E-state index in [1.54, 1.807) is 30.2 Å². The lowest BCUT2D eigenvalue weighted by molar-refractivity contribution is -0.689. The number of aliphatic carboxylic acids is 1. The number of carbonyl (C=O) groups is 3. The Morgan fingerprint density at radius 1 is 1.35 bits per heavy atom. The van der Waals surface area contributed by atoms with Gasteiger partial charge in [-0.3, -0.25) is 14.5 Å². The number of nitrogens with one attached hydrogen (secondary N) is 2. The van der Waals surface area contributed by atoms with Crippen molar-refractivity contribution in [3.8, 4) is 0 Å². The Bertz CT molecular complexity index is 1390. The van der Waals surface area contributed by atoms with Crippen molar-refractivity contribution < 1.29 is 28.9 Å². The van der Waals surface area contributed by atoms with E-state index in [0.29, 0.717) is 23.7 Å². The summed E-state index contributed by atoms with van der Waals surface area (Å²) < 4.78 is 1.81. The molecule has 190 valence electrons. The minimum Gasteiger partial charge on any atom is -0.543 e. The zero-order valence-corrected chi connectivity index (χ0v) is 20.7. The van der Waals surface area contributed by atoms with E-state index in [1.807, 2.05) is 22.8 Å². The molecule has 3 aromatic rings. The number of pyridine rings is 1. The summed E-state index contributed by atoms with van der Waals surface area (Å²) in [6.07, 6.45) is 6.77. The predicted molar refractivity (Wildman–Crippen MR) is 130 cm³/mol. The molecule has 3 aromatic heterocycles. The van der Waals surface area contributed by atoms with Crippen molar-refractivity contribution in [3.63, 3.8) is 0 Å². The molecule has 2 amide bonds. The Balaban J connectivity index is 1.32. The Hall–Kier alpha value is -4.24. The molecule has 0 radical (unpaired) electrons. The second-order valence-corrected chi connectivity index (χ2v) is 9.96. The number of aromatic amines is 1. The molecule has 2 atom stereocenters. The molecule has 1 saturated heterocycles. The van der Waals surface area contributed by atoms with E-state index in [0.717, 1.165) is 11.3 Å². The number of amides is 2. The van der Waals surface area contributed by atoms with E-state index in [-0.39, 0.29) is 28.8 Å². The van der Waals surface area contributed by atoms with E-state index in [2.05, 4.69) is 25.4 Å². The summed E-state index contributed by atoms with van der Waals surface area (Å²) in [7, 11) is 0. The van der Waals surface area contributed by atoms with Gasteiger partial charge in [-0.1, -0.05) is 11.2 Å². The predicted octanol–water partition coefficient (Wildman–Crippen LogP) is -1.24. The fourth-order valence-electron chi connectivity index (χ4n) is 3.90. The van der Waals surface area contributed by atoms with Crippen molar-refractivity contribution in [1.82, 2.24) is 25.2 Å². The summed E-state index contributed by atoms with van der Waals surface area (Å²) in [6, 6.07) is 4.53. The third-order valence-electron chi connectivity index (χ3n) is 5.57. The molecule has 15 heteroatoms. The number of rotatable bonds is 9. The number of anilines is 1. The van der Waals surface area contributed by atoms with E-state index >= 15 is 0 Å². The van der Waals surface area contributed by atoms with Gasteiger partial charge in [0, 0.05) is 41.2 Å². The maximum Gasteiger partial charge on any atom is 0.276 e. The van der Waals surface area contributed by atoms with Crippen LogP contribution >= 0.6 is 23.1 Å². The molecule has 13 nitrogen and oxygen atoms in total. The van der Waals surface area contributed by atoms with Crippen molar-refractivity contribution in [1.29, 1.82) is 0 Å². The number of nitrogens with two attached hydrogens (primary N) is 1. The number of β-lactam (4-membered cyclic amide) rings is 1. The van der Waals surface area contributed by atoms with Crippen LogP contribution in [0.4, 0.5) is 5.13 Å². The number of nitrogens with zero attached hydrogens (tertiary/aromatic N) is 5. The SMILES string of the molecule is Nc1nc(/C(=N\OCc2ncc[nH]2)C(=O)N[C@@H]2C(=O)N3C(C(=O)[O-])=C(C[n+]4ccccc4)CS[C@H]23)cs1. The van der Waals surface area contributed by atoms with Crippen LogP contribution in [0.2, 0.25) is 0 Å². The molecule has 0 aromatic carbocycles. The number of aromatic nitrogens is 4. The first-order valence-electron chi connectivity index (χ1n) is 10.9. The lowest BCUT2D eigenvalue weighted by atomic mass is 10.0. The number of hydrogen-bond acceptors (Lipinski definition) is 11. The summed E-state index contributed by atoms with van der Waals surface area (Å²) in [5.74, 6) is -1.87. The van der Waals surface area contributed by atoms with E-state index in [9.17, 15) is 19.5 Å². The van der Waals surface area contributed by atoms with Crippen molar-refractivity contribution in [3.05, 3.63) is 71.2 Å². The van der Waals surface area contributed by atoms with Gasteiger partial charge in [0.2, 0.25) is 0 Å². The van der Waals surface area contributed by atoms with Gasteiger partial charge in [-0.15, -0.1) is 23.1 Å². The Kier molecular flexibility index (Phi) is 6.87. The van der Waals surface area contributed by atoms with E-state index in [1.165, 1.54) is 16.7 Å². The third kappa shape index (κ3) is 5.03. The number of hydrogen-bond donors (Lipinski definition) is 3. The minimum atomic E-state index is -1.44. The van der Waals surface area contributed by atoms with Crippen LogP contribution in [0.1, 0.15) is 11.5 Å². The highest BCUT2D eigenvalue weighted by atomic mass is 32.2. The number of thioether (sulfide) groups is 1. The molecule has 0 bridgehead atoms. The van der Waals surface area contributed by atoms with Crippen LogP contribution in [-0.2, 0) is 32.4 Å². The number of thiazole rings is 1. The number of carbonyl (C=O) groups excluding carboxylic acids is 3. The van der Waals surface area contributed by atoms with Crippen LogP contribution in [0.3, 0.4) is 0 Å². The topological polar surface area (TPSA) is 183 Å². The van der Waals surface area contributed by atoms with Crippen LogP contribution in [0.15, 0.2) is 64.8 Å². The third-order valence-corrected chi connectivity index (χ3v) is 7.58. The molecule has 0 saturated carbocycles. The lowest BCUT2D eigenvalue weighted by Gasteiger charge is -2.50. The summed E-state index contributed by atoms with van der Waals surface area (Å²) in [5, 5.41) is 19.7. The highest BCUT2D eigenvalue weighted by Gasteiger charge is 2.53. The van der Waals surface area contributed by atoms with Gasteiger partial charge >= 0.3 is 0 Å². The normalized spacial score (nSPS) is 19.3.